The minimum Gasteiger partial charge on any atom is -0.469 e. The number of nitrogen functional groups attached to an aromatic ring is 2. The molecule has 0 radical (unpaired) electrons. The minimum absolute atomic E-state index is 0.0193. The molecule has 0 fully saturated rings. The van der Waals surface area contributed by atoms with E-state index in [0.29, 0.717) is 73.9 Å². The minimum atomic E-state index is -0.769. The van der Waals surface area contributed by atoms with Crippen molar-refractivity contribution >= 4 is 105 Å². The van der Waals surface area contributed by atoms with Gasteiger partial charge in [0.1, 0.15) is 25.7 Å². The number of non-ortho nitro benzene ring substituents is 2. The molecule has 35 nitrogen and oxygen atoms in total. The highest BCUT2D eigenvalue weighted by Gasteiger charge is 2.20. The number of benzene rings is 4. The highest BCUT2D eigenvalue weighted by Crippen LogP contribution is 2.13. The molecule has 4 aromatic carbocycles. The van der Waals surface area contributed by atoms with E-state index >= 15 is 0 Å². The number of methoxy groups -OCH3 is 3. The van der Waals surface area contributed by atoms with Crippen LogP contribution in [0.5, 0.6) is 0 Å². The van der Waals surface area contributed by atoms with Gasteiger partial charge in [-0.1, -0.05) is 6.92 Å². The Bertz CT molecular complexity index is 2990. The molecule has 0 heterocycles. The maximum atomic E-state index is 11.9. The van der Waals surface area contributed by atoms with Crippen LogP contribution in [0.2, 0.25) is 0 Å². The number of carbonyl (C=O) groups is 12. The molecule has 14 N–H and O–H groups in total. The zero-order valence-electron chi connectivity index (χ0n) is 53.5. The molecule has 522 valence electrons. The van der Waals surface area contributed by atoms with Crippen molar-refractivity contribution < 1.29 is 92.0 Å². The number of hydroxylamine groups is 1. The van der Waals surface area contributed by atoms with E-state index < -0.39 is 57.1 Å². The standard InChI is InChI=1S/C15H19N3O6.C15H21N3O4.C14H20N4O4.C11H15N3O3.C4H5ClO3.H3NO/c1-3-17(13(19)10-14(20)24-2)9-8-16-15(21)11-4-6-12(7-5-11)18(22)23;1-3-18(13(19)10-14(20)22-2)9-8-17-15(21)11-4-6-12(16)7-5-11;1-2-18(13(20)9-12(19)17-22)8-7-16-14(21)10-3-5-11(15)6-4-10;1-2-12-7-8-13-11(15)9-3-5-10(6-4-9)14(16)17;1-8-4(7)2-3(5)6;1-2/h4-7H,3,8-10H2,1-2H3,(H,16,21);4-7H,3,8-10,16H2,1-2H3,(H,17,21);3-6,22H,2,7-9,15H2,1H3,(H,16,21)(H,17,19);3-6,12H,2,7-8H2,1H3,(H,13,15);2H2,1H3;2H,1H2. The monoisotopic (exact) mass is 1360 g/mol. The lowest BCUT2D eigenvalue weighted by Gasteiger charge is -2.20. The number of anilines is 2. The second-order valence-corrected chi connectivity index (χ2v) is 18.9. The molecular formula is C59H83ClN14O21. The summed E-state index contributed by atoms with van der Waals surface area (Å²) in [6, 6.07) is 23.8. The van der Waals surface area contributed by atoms with Gasteiger partial charge in [0.15, 0.2) is 0 Å². The van der Waals surface area contributed by atoms with Crippen LogP contribution >= 0.6 is 11.6 Å². The van der Waals surface area contributed by atoms with Gasteiger partial charge in [-0.3, -0.25) is 83.0 Å². The van der Waals surface area contributed by atoms with E-state index in [1.54, 1.807) is 69.3 Å². The number of rotatable bonds is 30. The van der Waals surface area contributed by atoms with Crippen molar-refractivity contribution in [3.8, 4) is 0 Å². The van der Waals surface area contributed by atoms with E-state index in [-0.39, 0.29) is 91.9 Å². The second-order valence-electron chi connectivity index (χ2n) is 18.5. The van der Waals surface area contributed by atoms with Crippen LogP contribution in [-0.2, 0) is 52.6 Å². The number of ether oxygens (including phenoxy) is 3. The molecule has 0 saturated carbocycles. The second kappa shape index (κ2) is 50.8. The third-order valence-corrected chi connectivity index (χ3v) is 12.2. The SMILES string of the molecule is CCN(CCNC(=O)c1ccc(N)cc1)C(=O)CC(=O)NO.CCN(CCNC(=O)c1ccc(N)cc1)C(=O)CC(=O)OC.CCN(CCNC(=O)c1ccc([N+](=O)[O-])cc1)C(=O)CC(=O)OC.CCNCCNC(=O)c1ccc([N+](=O)[O-])cc1.COC(=O)CC(=O)Cl.NO. The summed E-state index contributed by atoms with van der Waals surface area (Å²) < 4.78 is 13.0. The van der Waals surface area contributed by atoms with Crippen molar-refractivity contribution in [3.05, 3.63) is 140 Å². The third-order valence-electron chi connectivity index (χ3n) is 12.1. The van der Waals surface area contributed by atoms with Crippen LogP contribution in [0.25, 0.3) is 0 Å². The molecule has 0 aliphatic heterocycles. The average molecular weight is 1360 g/mol. The molecule has 0 aliphatic rings. The van der Waals surface area contributed by atoms with E-state index in [9.17, 15) is 77.8 Å². The number of halogens is 1. The maximum Gasteiger partial charge on any atom is 0.315 e. The molecule has 36 heteroatoms. The zero-order valence-corrected chi connectivity index (χ0v) is 54.3. The first-order valence-electron chi connectivity index (χ1n) is 28.6. The number of carbonyl (C=O) groups excluding carboxylic acids is 12. The van der Waals surface area contributed by atoms with Gasteiger partial charge in [-0.2, -0.15) is 0 Å². The van der Waals surface area contributed by atoms with E-state index in [2.05, 4.69) is 46.7 Å². The van der Waals surface area contributed by atoms with Gasteiger partial charge < -0.3 is 72.2 Å². The van der Waals surface area contributed by atoms with Gasteiger partial charge >= 0.3 is 17.9 Å². The summed E-state index contributed by atoms with van der Waals surface area (Å²) >= 11 is 4.81. The number of nitro benzene ring substituents is 2. The van der Waals surface area contributed by atoms with Crippen LogP contribution in [0.3, 0.4) is 0 Å². The summed E-state index contributed by atoms with van der Waals surface area (Å²) in [5, 5.41) is 49.0. The van der Waals surface area contributed by atoms with Crippen LogP contribution in [0.4, 0.5) is 22.7 Å². The number of likely N-dealkylation sites (N-methyl/N-ethyl adjacent to an activating group) is 4. The van der Waals surface area contributed by atoms with Crippen molar-refractivity contribution in [2.24, 2.45) is 5.90 Å². The van der Waals surface area contributed by atoms with Crippen LogP contribution < -0.4 is 49.4 Å². The van der Waals surface area contributed by atoms with Crippen LogP contribution in [0.1, 0.15) is 94.8 Å². The van der Waals surface area contributed by atoms with Crippen LogP contribution in [0.15, 0.2) is 97.1 Å². The molecular weight excluding hydrogens is 1280 g/mol. The lowest BCUT2D eigenvalue weighted by molar-refractivity contribution is -0.385. The summed E-state index contributed by atoms with van der Waals surface area (Å²) in [7, 11) is 3.64. The fourth-order valence-corrected chi connectivity index (χ4v) is 7.08. The summed E-state index contributed by atoms with van der Waals surface area (Å²) in [5.74, 6) is -1.32. The van der Waals surface area contributed by atoms with Crippen molar-refractivity contribution in [1.29, 1.82) is 0 Å². The molecule has 0 atom stereocenters. The van der Waals surface area contributed by atoms with Gasteiger partial charge in [0.05, 0.1) is 31.2 Å². The number of hydrogen-bond donors (Lipinski definition) is 11. The molecule has 95 heavy (non-hydrogen) atoms. The zero-order chi connectivity index (χ0) is 72.4. The number of amides is 8. The van der Waals surface area contributed by atoms with Crippen molar-refractivity contribution in [1.82, 2.24) is 46.8 Å². The number of nitrogens with one attached hydrogen (secondary N) is 6. The van der Waals surface area contributed by atoms with Crippen molar-refractivity contribution in [2.45, 2.75) is 53.4 Å². The predicted octanol–water partition coefficient (Wildman–Crippen LogP) is 1.47. The summed E-state index contributed by atoms with van der Waals surface area (Å²) in [6.45, 7) is 12.2. The van der Waals surface area contributed by atoms with Crippen molar-refractivity contribution in [2.75, 3.05) is 111 Å². The third kappa shape index (κ3) is 38.6. The lowest BCUT2D eigenvalue weighted by Crippen LogP contribution is -2.40. The molecule has 0 aromatic heterocycles. The highest BCUT2D eigenvalue weighted by atomic mass is 35.5. The Morgan fingerprint density at radius 1 is 0.453 bits per heavy atom. The smallest absolute Gasteiger partial charge is 0.315 e. The molecule has 0 bridgehead atoms. The number of esters is 3. The van der Waals surface area contributed by atoms with E-state index in [1.165, 1.54) is 90.0 Å². The first-order chi connectivity index (χ1) is 45.1. The Hall–Kier alpha value is -10.8. The lowest BCUT2D eigenvalue weighted by atomic mass is 10.2. The Morgan fingerprint density at radius 3 is 0.968 bits per heavy atom. The normalized spacial score (nSPS) is 9.63. The van der Waals surface area contributed by atoms with Crippen molar-refractivity contribution in [3.63, 3.8) is 0 Å². The molecule has 0 aliphatic carbocycles. The van der Waals surface area contributed by atoms with Gasteiger partial charge in [0.2, 0.25) is 23.0 Å². The predicted molar refractivity (Wildman–Crippen MR) is 344 cm³/mol. The molecule has 4 aromatic rings. The Labute approximate surface area is 551 Å². The fourth-order valence-electron chi connectivity index (χ4n) is 6.97. The van der Waals surface area contributed by atoms with Crippen LogP contribution in [0, 0.1) is 20.2 Å². The molecule has 0 spiro atoms. The summed E-state index contributed by atoms with van der Waals surface area (Å²) in [6.07, 6.45) is -1.43. The summed E-state index contributed by atoms with van der Waals surface area (Å²) in [5.41, 5.74) is 15.2. The maximum absolute atomic E-state index is 11.9. The van der Waals surface area contributed by atoms with Gasteiger partial charge in [0.25, 0.3) is 40.9 Å². The topological polar surface area (TPSA) is 519 Å². The van der Waals surface area contributed by atoms with Gasteiger partial charge in [-0.15, -0.1) is 0 Å². The first kappa shape index (κ1) is 86.3. The molecule has 8 amide bonds. The Morgan fingerprint density at radius 2 is 0.726 bits per heavy atom. The van der Waals surface area contributed by atoms with Crippen LogP contribution in [-0.4, -0.2) is 205 Å². The van der Waals surface area contributed by atoms with Gasteiger partial charge in [-0.05, 0) is 112 Å². The number of nitro groups is 2. The summed E-state index contributed by atoms with van der Waals surface area (Å²) in [4.78, 5) is 160. The van der Waals surface area contributed by atoms with Gasteiger partial charge in [0, 0.05) is 130 Å². The number of hydrogen-bond acceptors (Lipinski definition) is 25. The number of nitrogens with zero attached hydrogens (tertiary/aromatic N) is 5. The largest absolute Gasteiger partial charge is 0.469 e. The van der Waals surface area contributed by atoms with Gasteiger partial charge in [-0.25, -0.2) is 11.4 Å². The molecule has 0 unspecified atom stereocenters. The van der Waals surface area contributed by atoms with E-state index in [0.717, 1.165) is 6.54 Å². The number of nitrogens with two attached hydrogens (primary N) is 3. The average Bonchev–Trinajstić information content (AvgIpc) is 1.52. The molecule has 0 saturated heterocycles. The highest BCUT2D eigenvalue weighted by molar-refractivity contribution is 6.64. The Kier molecular flexibility index (Phi) is 46.2. The van der Waals surface area contributed by atoms with E-state index in [4.69, 9.17) is 33.5 Å². The quantitative estimate of drug-likeness (QED) is 0.00405. The molecule has 4 rings (SSSR count). The Balaban J connectivity index is 0. The fraction of sp³-hybridized carbons (Fsp3) is 0.390. The van der Waals surface area contributed by atoms with E-state index in [1.807, 2.05) is 6.92 Å². The first-order valence-corrected chi connectivity index (χ1v) is 29.0.